The Hall–Kier alpha value is -2.77. The largest absolute Gasteiger partial charge is 0.497 e. The Labute approximate surface area is 193 Å². The van der Waals surface area contributed by atoms with E-state index in [1.54, 1.807) is 56.6 Å². The van der Waals surface area contributed by atoms with E-state index in [1.807, 2.05) is 12.1 Å². The number of halogens is 1. The minimum atomic E-state index is -0.406. The predicted molar refractivity (Wildman–Crippen MR) is 123 cm³/mol. The standard InChI is InChI=1S/C24H29ClN2O5/c1-30-12-4-11-26-23(28)21-15-27(24(29)16-5-7-17(25)8-6-16)14-20(21)19-10-9-18(31-2)13-22(19)32-3/h5-10,13,20-21H,4,11-12,14-15H2,1-3H3,(H,26,28). The summed E-state index contributed by atoms with van der Waals surface area (Å²) in [5, 5.41) is 3.55. The van der Waals surface area contributed by atoms with Crippen LogP contribution >= 0.6 is 11.6 Å². The van der Waals surface area contributed by atoms with Crippen molar-refractivity contribution in [2.75, 3.05) is 47.6 Å². The average Bonchev–Trinajstić information content (AvgIpc) is 3.26. The first-order valence-electron chi connectivity index (χ1n) is 10.5. The summed E-state index contributed by atoms with van der Waals surface area (Å²) < 4.78 is 15.9. The van der Waals surface area contributed by atoms with Crippen LogP contribution in [0.25, 0.3) is 0 Å². The van der Waals surface area contributed by atoms with Crippen molar-refractivity contribution in [3.8, 4) is 11.5 Å². The quantitative estimate of drug-likeness (QED) is 0.580. The van der Waals surface area contributed by atoms with Gasteiger partial charge in [-0.05, 0) is 36.8 Å². The highest BCUT2D eigenvalue weighted by molar-refractivity contribution is 6.30. The van der Waals surface area contributed by atoms with Crippen molar-refractivity contribution in [1.82, 2.24) is 10.2 Å². The molecule has 0 aromatic heterocycles. The van der Waals surface area contributed by atoms with Crippen molar-refractivity contribution in [1.29, 1.82) is 0 Å². The highest BCUT2D eigenvalue weighted by Crippen LogP contribution is 2.39. The number of amides is 2. The summed E-state index contributed by atoms with van der Waals surface area (Å²) in [6, 6.07) is 12.3. The number of rotatable bonds is 9. The Bertz CT molecular complexity index is 934. The summed E-state index contributed by atoms with van der Waals surface area (Å²) in [7, 11) is 4.81. The van der Waals surface area contributed by atoms with Gasteiger partial charge in [-0.3, -0.25) is 9.59 Å². The lowest BCUT2D eigenvalue weighted by atomic mass is 9.87. The summed E-state index contributed by atoms with van der Waals surface area (Å²) in [5.74, 6) is 0.459. The van der Waals surface area contributed by atoms with Gasteiger partial charge in [-0.25, -0.2) is 0 Å². The van der Waals surface area contributed by atoms with Gasteiger partial charge in [-0.1, -0.05) is 17.7 Å². The van der Waals surface area contributed by atoms with Crippen LogP contribution < -0.4 is 14.8 Å². The summed E-state index contributed by atoms with van der Waals surface area (Å²) >= 11 is 5.96. The molecule has 1 aliphatic heterocycles. The fourth-order valence-corrected chi connectivity index (χ4v) is 4.14. The zero-order chi connectivity index (χ0) is 23.1. The SMILES string of the molecule is COCCCNC(=O)C1CN(C(=O)c2ccc(Cl)cc2)CC1c1ccc(OC)cc1OC. The van der Waals surface area contributed by atoms with Crippen LogP contribution in [-0.2, 0) is 9.53 Å². The molecular formula is C24H29ClN2O5. The molecule has 0 bridgehead atoms. The fraction of sp³-hybridized carbons (Fsp3) is 0.417. The fourth-order valence-electron chi connectivity index (χ4n) is 4.01. The molecule has 172 valence electrons. The summed E-state index contributed by atoms with van der Waals surface area (Å²) in [4.78, 5) is 28.0. The number of likely N-dealkylation sites (tertiary alicyclic amines) is 1. The molecule has 0 spiro atoms. The van der Waals surface area contributed by atoms with Gasteiger partial charge in [0.25, 0.3) is 5.91 Å². The van der Waals surface area contributed by atoms with Gasteiger partial charge in [0.1, 0.15) is 11.5 Å². The number of hydrogen-bond acceptors (Lipinski definition) is 5. The molecule has 32 heavy (non-hydrogen) atoms. The summed E-state index contributed by atoms with van der Waals surface area (Å²) in [6.07, 6.45) is 0.721. The molecule has 1 N–H and O–H groups in total. The van der Waals surface area contributed by atoms with Gasteiger partial charge in [-0.15, -0.1) is 0 Å². The number of carbonyl (C=O) groups is 2. The van der Waals surface area contributed by atoms with Gasteiger partial charge >= 0.3 is 0 Å². The van der Waals surface area contributed by atoms with Crippen LogP contribution in [0.4, 0.5) is 0 Å². The normalized spacial score (nSPS) is 17.8. The molecule has 7 nitrogen and oxygen atoms in total. The van der Waals surface area contributed by atoms with E-state index >= 15 is 0 Å². The molecule has 0 radical (unpaired) electrons. The monoisotopic (exact) mass is 460 g/mol. The molecule has 0 saturated carbocycles. The maximum absolute atomic E-state index is 13.1. The lowest BCUT2D eigenvalue weighted by Crippen LogP contribution is -2.36. The van der Waals surface area contributed by atoms with E-state index in [4.69, 9.17) is 25.8 Å². The third-order valence-electron chi connectivity index (χ3n) is 5.70. The Morgan fingerprint density at radius 2 is 1.81 bits per heavy atom. The first-order valence-corrected chi connectivity index (χ1v) is 10.9. The van der Waals surface area contributed by atoms with Crippen molar-refractivity contribution in [2.45, 2.75) is 12.3 Å². The van der Waals surface area contributed by atoms with Gasteiger partial charge < -0.3 is 24.4 Å². The molecule has 1 aliphatic rings. The Morgan fingerprint density at radius 1 is 1.06 bits per heavy atom. The Balaban J connectivity index is 1.86. The molecule has 2 aromatic rings. The first-order chi connectivity index (χ1) is 15.5. The van der Waals surface area contributed by atoms with Crippen LogP contribution in [0, 0.1) is 5.92 Å². The minimum absolute atomic E-state index is 0.0876. The van der Waals surface area contributed by atoms with Crippen LogP contribution in [0.1, 0.15) is 28.3 Å². The lowest BCUT2D eigenvalue weighted by molar-refractivity contribution is -0.124. The second kappa shape index (κ2) is 11.2. The van der Waals surface area contributed by atoms with Gasteiger partial charge in [-0.2, -0.15) is 0 Å². The van der Waals surface area contributed by atoms with Crippen LogP contribution in [0.5, 0.6) is 11.5 Å². The molecule has 2 unspecified atom stereocenters. The van der Waals surface area contributed by atoms with E-state index in [2.05, 4.69) is 5.32 Å². The highest BCUT2D eigenvalue weighted by Gasteiger charge is 2.41. The van der Waals surface area contributed by atoms with Crippen molar-refractivity contribution in [3.05, 3.63) is 58.6 Å². The number of carbonyl (C=O) groups excluding carboxylic acids is 2. The van der Waals surface area contributed by atoms with Crippen molar-refractivity contribution >= 4 is 23.4 Å². The van der Waals surface area contributed by atoms with E-state index in [0.717, 1.165) is 12.0 Å². The molecule has 2 amide bonds. The Morgan fingerprint density at radius 3 is 2.47 bits per heavy atom. The number of nitrogens with zero attached hydrogens (tertiary/aromatic N) is 1. The molecule has 1 heterocycles. The average molecular weight is 461 g/mol. The molecule has 1 saturated heterocycles. The second-order valence-corrected chi connectivity index (χ2v) is 8.11. The van der Waals surface area contributed by atoms with Crippen molar-refractivity contribution < 1.29 is 23.8 Å². The van der Waals surface area contributed by atoms with Gasteiger partial charge in [0.05, 0.1) is 20.1 Å². The zero-order valence-corrected chi connectivity index (χ0v) is 19.4. The first kappa shape index (κ1) is 23.9. The molecule has 2 atom stereocenters. The molecule has 1 fully saturated rings. The van der Waals surface area contributed by atoms with Gasteiger partial charge in [0, 0.05) is 61.5 Å². The molecule has 0 aliphatic carbocycles. The maximum atomic E-state index is 13.1. The van der Waals surface area contributed by atoms with Gasteiger partial charge in [0.2, 0.25) is 5.91 Å². The third-order valence-corrected chi connectivity index (χ3v) is 5.95. The number of ether oxygens (including phenoxy) is 3. The van der Waals surface area contributed by atoms with Crippen molar-refractivity contribution in [3.63, 3.8) is 0 Å². The smallest absolute Gasteiger partial charge is 0.253 e. The third kappa shape index (κ3) is 5.53. The second-order valence-electron chi connectivity index (χ2n) is 7.68. The highest BCUT2D eigenvalue weighted by atomic mass is 35.5. The van der Waals surface area contributed by atoms with E-state index in [1.165, 1.54) is 0 Å². The van der Waals surface area contributed by atoms with E-state index in [9.17, 15) is 9.59 Å². The lowest BCUT2D eigenvalue weighted by Gasteiger charge is -2.21. The van der Waals surface area contributed by atoms with E-state index < -0.39 is 5.92 Å². The number of benzene rings is 2. The van der Waals surface area contributed by atoms with Crippen LogP contribution in [-0.4, -0.2) is 64.3 Å². The maximum Gasteiger partial charge on any atom is 0.253 e. The molecule has 8 heteroatoms. The van der Waals surface area contributed by atoms with E-state index in [0.29, 0.717) is 48.3 Å². The van der Waals surface area contributed by atoms with E-state index in [-0.39, 0.29) is 17.7 Å². The number of methoxy groups -OCH3 is 3. The molecule has 2 aromatic carbocycles. The van der Waals surface area contributed by atoms with Crippen LogP contribution in [0.15, 0.2) is 42.5 Å². The Kier molecular flexibility index (Phi) is 8.36. The topological polar surface area (TPSA) is 77.1 Å². The molecular weight excluding hydrogens is 432 g/mol. The van der Waals surface area contributed by atoms with Crippen molar-refractivity contribution in [2.24, 2.45) is 5.92 Å². The number of hydrogen-bond donors (Lipinski definition) is 1. The molecule has 3 rings (SSSR count). The predicted octanol–water partition coefficient (Wildman–Crippen LogP) is 3.37. The van der Waals surface area contributed by atoms with Gasteiger partial charge in [0.15, 0.2) is 0 Å². The number of nitrogens with one attached hydrogen (secondary N) is 1. The minimum Gasteiger partial charge on any atom is -0.497 e. The van der Waals surface area contributed by atoms with Crippen LogP contribution in [0.2, 0.25) is 5.02 Å². The van der Waals surface area contributed by atoms with Crippen LogP contribution in [0.3, 0.4) is 0 Å². The zero-order valence-electron chi connectivity index (χ0n) is 18.6. The summed E-state index contributed by atoms with van der Waals surface area (Å²) in [5.41, 5.74) is 1.41. The summed E-state index contributed by atoms with van der Waals surface area (Å²) in [6.45, 7) is 1.81.